The number of hydrogen-bond donors (Lipinski definition) is 2. The predicted molar refractivity (Wildman–Crippen MR) is 40.4 cm³/mol. The summed E-state index contributed by atoms with van der Waals surface area (Å²) in [5, 5.41) is 13.9. The summed E-state index contributed by atoms with van der Waals surface area (Å²) >= 11 is 0. The minimum absolute atomic E-state index is 0. The molecule has 0 radical (unpaired) electrons. The van der Waals surface area contributed by atoms with Crippen molar-refractivity contribution in [2.45, 2.75) is 0 Å². The van der Waals surface area contributed by atoms with E-state index in [1.807, 2.05) is 0 Å². The Morgan fingerprint density at radius 1 is 1.29 bits per heavy atom. The van der Waals surface area contributed by atoms with Crippen LogP contribution in [0.4, 0.5) is 4.79 Å². The molecule has 0 aliphatic heterocycles. The fourth-order valence-electron chi connectivity index (χ4n) is 0. The van der Waals surface area contributed by atoms with E-state index in [0.717, 1.165) is 0 Å². The van der Waals surface area contributed by atoms with Gasteiger partial charge in [0.05, 0.1) is 0 Å². The predicted octanol–water partition coefficient (Wildman–Crippen LogP) is -0.457. The van der Waals surface area contributed by atoms with Gasteiger partial charge in [0.1, 0.15) is 0 Å². The van der Waals surface area contributed by atoms with E-state index >= 15 is 0 Å². The van der Waals surface area contributed by atoms with E-state index in [9.17, 15) is 0 Å². The Kier molecular flexibility index (Phi) is 51.2. The van der Waals surface area contributed by atoms with Gasteiger partial charge in [-0.3, -0.25) is 0 Å². The van der Waals surface area contributed by atoms with E-state index in [1.54, 1.807) is 0 Å². The van der Waals surface area contributed by atoms with Gasteiger partial charge in [0.25, 0.3) is 0 Å². The summed E-state index contributed by atoms with van der Waals surface area (Å²) in [4.78, 5) is 8.56. The van der Waals surface area contributed by atoms with Crippen LogP contribution >= 0.6 is 24.0 Å². The molecular formula is CH5IKNaO3. The molecule has 0 unspecified atom stereocenters. The average molecular weight is 254 g/mol. The zero-order chi connectivity index (χ0) is 3.58. The minimum atomic E-state index is -1.83. The first kappa shape index (κ1) is 22.6. The molecule has 0 amide bonds. The van der Waals surface area contributed by atoms with Gasteiger partial charge < -0.3 is 10.2 Å². The van der Waals surface area contributed by atoms with Crippen molar-refractivity contribution in [3.05, 3.63) is 0 Å². The molecule has 0 heterocycles. The van der Waals surface area contributed by atoms with Crippen molar-refractivity contribution in [2.24, 2.45) is 0 Å². The van der Waals surface area contributed by atoms with Crippen molar-refractivity contribution < 1.29 is 15.0 Å². The second-order valence-corrected chi connectivity index (χ2v) is 0.283. The monoisotopic (exact) mass is 254 g/mol. The number of halogens is 1. The molecule has 0 aliphatic carbocycles. The van der Waals surface area contributed by atoms with Crippen LogP contribution in [-0.2, 0) is 0 Å². The third-order valence-corrected chi connectivity index (χ3v) is 0. The Morgan fingerprint density at radius 2 is 1.29 bits per heavy atom. The standard InChI is InChI=1S/CH2O3.HI.K.Na.2H/c2-1(3)4;;;;;/h(H2,2,3,4);1H;;;;. The first-order valence-corrected chi connectivity index (χ1v) is 0.651. The zero-order valence-corrected chi connectivity index (χ0v) is 4.54. The van der Waals surface area contributed by atoms with Gasteiger partial charge in [0.2, 0.25) is 0 Å². The van der Waals surface area contributed by atoms with Crippen LogP contribution in [0.1, 0.15) is 0 Å². The van der Waals surface area contributed by atoms with Crippen molar-refractivity contribution in [1.29, 1.82) is 0 Å². The molecule has 0 aromatic heterocycles. The third kappa shape index (κ3) is 54.7. The molecule has 0 bridgehead atoms. The molecule has 0 fully saturated rings. The quantitative estimate of drug-likeness (QED) is 0.454. The maximum atomic E-state index is 8.56. The van der Waals surface area contributed by atoms with E-state index in [-0.39, 0.29) is 105 Å². The summed E-state index contributed by atoms with van der Waals surface area (Å²) in [5.74, 6) is 0. The second-order valence-electron chi connectivity index (χ2n) is 0.283. The first-order valence-electron chi connectivity index (χ1n) is 0.651. The Hall–Kier alpha value is 2.64. The Morgan fingerprint density at radius 3 is 1.29 bits per heavy atom. The molecule has 0 atom stereocenters. The Labute approximate surface area is 123 Å². The van der Waals surface area contributed by atoms with E-state index in [4.69, 9.17) is 15.0 Å². The third-order valence-electron chi connectivity index (χ3n) is 0. The van der Waals surface area contributed by atoms with Crippen molar-refractivity contribution >= 4 is 111 Å². The number of rotatable bonds is 0. The van der Waals surface area contributed by atoms with Crippen molar-refractivity contribution in [3.63, 3.8) is 0 Å². The summed E-state index contributed by atoms with van der Waals surface area (Å²) < 4.78 is 0. The van der Waals surface area contributed by atoms with E-state index in [0.29, 0.717) is 0 Å². The topological polar surface area (TPSA) is 57.5 Å². The second kappa shape index (κ2) is 15.9. The van der Waals surface area contributed by atoms with Crippen molar-refractivity contribution in [3.8, 4) is 0 Å². The molecule has 0 spiro atoms. The molecule has 0 aliphatic rings. The molecule has 0 aromatic carbocycles. The number of carboxylic acid groups (broad SMARTS) is 2. The molecule has 0 saturated heterocycles. The molecule has 7 heavy (non-hydrogen) atoms. The van der Waals surface area contributed by atoms with Crippen LogP contribution in [0.15, 0.2) is 0 Å². The van der Waals surface area contributed by atoms with Gasteiger partial charge in [0.15, 0.2) is 0 Å². The van der Waals surface area contributed by atoms with Crippen LogP contribution in [-0.4, -0.2) is 97.3 Å². The maximum absolute atomic E-state index is 8.56. The molecule has 2 N–H and O–H groups in total. The molecular weight excluding hydrogens is 249 g/mol. The van der Waals surface area contributed by atoms with Crippen molar-refractivity contribution in [2.75, 3.05) is 0 Å². The van der Waals surface area contributed by atoms with Crippen LogP contribution < -0.4 is 0 Å². The molecule has 6 heteroatoms. The normalized spacial score (nSPS) is 3.43. The summed E-state index contributed by atoms with van der Waals surface area (Å²) in [7, 11) is 0. The van der Waals surface area contributed by atoms with Crippen molar-refractivity contribution in [1.82, 2.24) is 0 Å². The van der Waals surface area contributed by atoms with Gasteiger partial charge in [-0.15, -0.1) is 24.0 Å². The Balaban J connectivity index is -0.0000000150. The van der Waals surface area contributed by atoms with E-state index in [2.05, 4.69) is 0 Å². The van der Waals surface area contributed by atoms with Crippen LogP contribution in [0.3, 0.4) is 0 Å². The summed E-state index contributed by atoms with van der Waals surface area (Å²) in [6.45, 7) is 0. The number of hydrogen-bond acceptors (Lipinski definition) is 1. The fourth-order valence-corrected chi connectivity index (χ4v) is 0. The van der Waals surface area contributed by atoms with Gasteiger partial charge >= 0.3 is 87.1 Å². The van der Waals surface area contributed by atoms with Gasteiger partial charge in [-0.2, -0.15) is 0 Å². The van der Waals surface area contributed by atoms with E-state index in [1.165, 1.54) is 0 Å². The SMILES string of the molecule is I.O=C(O)O.[KH].[NaH]. The van der Waals surface area contributed by atoms with Gasteiger partial charge in [-0.25, -0.2) is 4.79 Å². The molecule has 36 valence electrons. The molecule has 0 aromatic rings. The van der Waals surface area contributed by atoms with Gasteiger partial charge in [-0.05, 0) is 0 Å². The zero-order valence-electron chi connectivity index (χ0n) is 2.21. The molecule has 0 saturated carbocycles. The van der Waals surface area contributed by atoms with Gasteiger partial charge in [-0.1, -0.05) is 0 Å². The first-order chi connectivity index (χ1) is 1.73. The average Bonchev–Trinajstić information content (AvgIpc) is 0.811. The number of carbonyl (C=O) groups is 1. The summed E-state index contributed by atoms with van der Waals surface area (Å²) in [6, 6.07) is 0. The molecule has 0 rings (SSSR count). The Bertz CT molecular complexity index is 37.9. The van der Waals surface area contributed by atoms with Crippen LogP contribution in [0, 0.1) is 0 Å². The van der Waals surface area contributed by atoms with E-state index < -0.39 is 6.16 Å². The van der Waals surface area contributed by atoms with Crippen LogP contribution in [0.25, 0.3) is 0 Å². The van der Waals surface area contributed by atoms with Crippen LogP contribution in [0.2, 0.25) is 0 Å². The fraction of sp³-hybridized carbons (Fsp3) is 0. The summed E-state index contributed by atoms with van der Waals surface area (Å²) in [6.07, 6.45) is -1.83. The summed E-state index contributed by atoms with van der Waals surface area (Å²) in [5.41, 5.74) is 0. The van der Waals surface area contributed by atoms with Crippen LogP contribution in [0.5, 0.6) is 0 Å². The van der Waals surface area contributed by atoms with Gasteiger partial charge in [0, 0.05) is 0 Å². The molecule has 3 nitrogen and oxygen atoms in total.